The van der Waals surface area contributed by atoms with E-state index < -0.39 is 29.5 Å². The van der Waals surface area contributed by atoms with Crippen LogP contribution in [0, 0.1) is 18.8 Å². The number of anilines is 1. The van der Waals surface area contributed by atoms with Crippen LogP contribution in [0.1, 0.15) is 5.76 Å². The smallest absolute Gasteiger partial charge is 0.310 e. The van der Waals surface area contributed by atoms with Gasteiger partial charge in [-0.25, -0.2) is 0 Å². The molecular weight excluding hydrogens is 264 g/mol. The molecule has 7 heteroatoms. The summed E-state index contributed by atoms with van der Waals surface area (Å²) in [6.07, 6.45) is 3.04. The monoisotopic (exact) mass is 276 g/mol. The molecule has 104 valence electrons. The Balaban J connectivity index is 1.75. The van der Waals surface area contributed by atoms with Crippen LogP contribution in [0.4, 0.5) is 5.82 Å². The summed E-state index contributed by atoms with van der Waals surface area (Å²) < 4.78 is 10.8. The lowest BCUT2D eigenvalue weighted by molar-refractivity contribution is -0.146. The van der Waals surface area contributed by atoms with E-state index in [0.717, 1.165) is 0 Å². The molecule has 1 amide bonds. The summed E-state index contributed by atoms with van der Waals surface area (Å²) >= 11 is 0. The minimum Gasteiger partial charge on any atom is -0.481 e. The van der Waals surface area contributed by atoms with Crippen LogP contribution in [-0.4, -0.2) is 40.4 Å². The first-order valence-electron chi connectivity index (χ1n) is 6.36. The van der Waals surface area contributed by atoms with Crippen LogP contribution in [0.5, 0.6) is 0 Å². The summed E-state index contributed by atoms with van der Waals surface area (Å²) in [6.45, 7) is 2.01. The number of aromatic nitrogens is 1. The van der Waals surface area contributed by atoms with E-state index in [0.29, 0.717) is 11.6 Å². The van der Waals surface area contributed by atoms with Crippen LogP contribution in [0.25, 0.3) is 0 Å². The predicted octanol–water partition coefficient (Wildman–Crippen LogP) is 0.354. The number of fused-ring (bicyclic) bond motifs is 1. The van der Waals surface area contributed by atoms with Crippen molar-refractivity contribution in [2.75, 3.05) is 11.4 Å². The standard InChI is InChI=1S/C13H12N2O5/c1-6-4-8(14-20-6)15-5-13-3-2-7(19-13)9(12(17)18)10(13)11(15)16/h2-4,7,9-10H,5H2,1H3,(H,17,18)/t7-,9?,10?,13-/m1/s1. The second kappa shape index (κ2) is 3.49. The van der Waals surface area contributed by atoms with E-state index in [1.807, 2.05) is 6.08 Å². The average molecular weight is 276 g/mol. The SMILES string of the molecule is Cc1cc(N2C[C@@]34C=C[C@@H](O3)C(C(=O)O)C4C2=O)no1. The van der Waals surface area contributed by atoms with Gasteiger partial charge in [0.05, 0.1) is 18.6 Å². The van der Waals surface area contributed by atoms with Gasteiger partial charge in [0, 0.05) is 6.07 Å². The molecule has 4 heterocycles. The van der Waals surface area contributed by atoms with E-state index >= 15 is 0 Å². The third-order valence-electron chi connectivity index (χ3n) is 4.28. The molecule has 3 aliphatic heterocycles. The zero-order chi connectivity index (χ0) is 14.1. The van der Waals surface area contributed by atoms with Gasteiger partial charge in [-0.1, -0.05) is 17.3 Å². The zero-order valence-electron chi connectivity index (χ0n) is 10.6. The highest BCUT2D eigenvalue weighted by Crippen LogP contribution is 2.52. The van der Waals surface area contributed by atoms with Gasteiger partial charge in [-0.05, 0) is 6.92 Å². The lowest BCUT2D eigenvalue weighted by atomic mass is 9.77. The maximum atomic E-state index is 12.6. The lowest BCUT2D eigenvalue weighted by Crippen LogP contribution is -2.39. The Hall–Kier alpha value is -2.15. The van der Waals surface area contributed by atoms with Crippen LogP contribution in [0.2, 0.25) is 0 Å². The molecule has 2 unspecified atom stereocenters. The van der Waals surface area contributed by atoms with Gasteiger partial charge in [0.25, 0.3) is 0 Å². The normalized spacial score (nSPS) is 37.8. The van der Waals surface area contributed by atoms with Crippen LogP contribution in [-0.2, 0) is 14.3 Å². The van der Waals surface area contributed by atoms with Crippen molar-refractivity contribution in [2.45, 2.75) is 18.6 Å². The van der Waals surface area contributed by atoms with Crippen molar-refractivity contribution in [3.05, 3.63) is 24.0 Å². The van der Waals surface area contributed by atoms with Crippen molar-refractivity contribution in [1.82, 2.24) is 5.16 Å². The molecule has 1 aromatic heterocycles. The quantitative estimate of drug-likeness (QED) is 0.784. The number of carboxylic acids is 1. The number of carbonyl (C=O) groups excluding carboxylic acids is 1. The van der Waals surface area contributed by atoms with Gasteiger partial charge >= 0.3 is 5.97 Å². The molecule has 1 aromatic rings. The van der Waals surface area contributed by atoms with E-state index in [9.17, 15) is 14.7 Å². The zero-order valence-corrected chi connectivity index (χ0v) is 10.6. The van der Waals surface area contributed by atoms with Gasteiger partial charge in [-0.15, -0.1) is 0 Å². The third kappa shape index (κ3) is 1.25. The summed E-state index contributed by atoms with van der Waals surface area (Å²) in [7, 11) is 0. The summed E-state index contributed by atoms with van der Waals surface area (Å²) in [5.41, 5.74) is -0.836. The number of amides is 1. The first-order valence-corrected chi connectivity index (χ1v) is 6.36. The number of ether oxygens (including phenoxy) is 1. The molecule has 2 saturated heterocycles. The van der Waals surface area contributed by atoms with E-state index in [1.165, 1.54) is 4.90 Å². The van der Waals surface area contributed by atoms with Gasteiger partial charge in [0.1, 0.15) is 17.3 Å². The Labute approximate surface area is 113 Å². The molecule has 2 bridgehead atoms. The fourth-order valence-corrected chi connectivity index (χ4v) is 3.45. The minimum absolute atomic E-state index is 0.266. The molecule has 0 aromatic carbocycles. The molecular formula is C13H12N2O5. The van der Waals surface area contributed by atoms with Crippen LogP contribution >= 0.6 is 0 Å². The Morgan fingerprint density at radius 2 is 2.40 bits per heavy atom. The van der Waals surface area contributed by atoms with Gasteiger partial charge in [-0.2, -0.15) is 0 Å². The molecule has 1 N–H and O–H groups in total. The molecule has 3 aliphatic rings. The topological polar surface area (TPSA) is 92.9 Å². The van der Waals surface area contributed by atoms with E-state index in [2.05, 4.69) is 5.16 Å². The van der Waals surface area contributed by atoms with Crippen LogP contribution < -0.4 is 4.90 Å². The number of hydrogen-bond acceptors (Lipinski definition) is 5. The van der Waals surface area contributed by atoms with Crippen molar-refractivity contribution >= 4 is 17.7 Å². The number of aliphatic carboxylic acids is 1. The maximum Gasteiger partial charge on any atom is 0.310 e. The largest absolute Gasteiger partial charge is 0.481 e. The molecule has 20 heavy (non-hydrogen) atoms. The number of aryl methyl sites for hydroxylation is 1. The Morgan fingerprint density at radius 1 is 1.60 bits per heavy atom. The number of carboxylic acid groups (broad SMARTS) is 1. The number of rotatable bonds is 2. The van der Waals surface area contributed by atoms with E-state index in [1.54, 1.807) is 19.1 Å². The van der Waals surface area contributed by atoms with E-state index in [-0.39, 0.29) is 12.5 Å². The third-order valence-corrected chi connectivity index (χ3v) is 4.28. The molecule has 4 atom stereocenters. The molecule has 4 rings (SSSR count). The summed E-state index contributed by atoms with van der Waals surface area (Å²) in [5, 5.41) is 13.2. The van der Waals surface area contributed by atoms with Gasteiger partial charge in [-0.3, -0.25) is 14.5 Å². The second-order valence-corrected chi connectivity index (χ2v) is 5.46. The first-order chi connectivity index (χ1) is 9.52. The van der Waals surface area contributed by atoms with Gasteiger partial charge < -0.3 is 14.4 Å². The highest BCUT2D eigenvalue weighted by Gasteiger charge is 2.67. The number of hydrogen-bond donors (Lipinski definition) is 1. The van der Waals surface area contributed by atoms with Crippen molar-refractivity contribution in [1.29, 1.82) is 0 Å². The molecule has 0 aliphatic carbocycles. The fraction of sp³-hybridized carbons (Fsp3) is 0.462. The van der Waals surface area contributed by atoms with Crippen LogP contribution in [0.15, 0.2) is 22.7 Å². The molecule has 0 saturated carbocycles. The summed E-state index contributed by atoms with van der Waals surface area (Å²) in [6, 6.07) is 1.65. The van der Waals surface area contributed by atoms with Crippen molar-refractivity contribution in [3.8, 4) is 0 Å². The minimum atomic E-state index is -1.00. The molecule has 7 nitrogen and oxygen atoms in total. The Morgan fingerprint density at radius 3 is 3.05 bits per heavy atom. The van der Waals surface area contributed by atoms with Crippen molar-refractivity contribution < 1.29 is 24.0 Å². The summed E-state index contributed by atoms with van der Waals surface area (Å²) in [4.78, 5) is 25.4. The second-order valence-electron chi connectivity index (χ2n) is 5.46. The first kappa shape index (κ1) is 11.7. The molecule has 2 fully saturated rings. The summed E-state index contributed by atoms with van der Waals surface area (Å²) in [5.74, 6) is -1.79. The highest BCUT2D eigenvalue weighted by atomic mass is 16.5. The Kier molecular flexibility index (Phi) is 2.03. The van der Waals surface area contributed by atoms with E-state index in [4.69, 9.17) is 9.26 Å². The predicted molar refractivity (Wildman–Crippen MR) is 65.0 cm³/mol. The van der Waals surface area contributed by atoms with Crippen LogP contribution in [0.3, 0.4) is 0 Å². The Bertz CT molecular complexity index is 651. The van der Waals surface area contributed by atoms with Crippen molar-refractivity contribution in [3.63, 3.8) is 0 Å². The highest BCUT2D eigenvalue weighted by molar-refractivity contribution is 6.01. The average Bonchev–Trinajstić information content (AvgIpc) is 3.10. The van der Waals surface area contributed by atoms with Gasteiger partial charge in [0.15, 0.2) is 5.82 Å². The van der Waals surface area contributed by atoms with Gasteiger partial charge in [0.2, 0.25) is 5.91 Å². The lowest BCUT2D eigenvalue weighted by Gasteiger charge is -2.21. The maximum absolute atomic E-state index is 12.6. The molecule has 1 spiro atoms. The molecule has 0 radical (unpaired) electrons. The van der Waals surface area contributed by atoms with Crippen molar-refractivity contribution in [2.24, 2.45) is 11.8 Å². The fourth-order valence-electron chi connectivity index (χ4n) is 3.45. The number of carbonyl (C=O) groups is 2. The number of nitrogens with zero attached hydrogens (tertiary/aromatic N) is 2.